The Morgan fingerprint density at radius 1 is 1.19 bits per heavy atom. The first-order valence-electron chi connectivity index (χ1n) is 11.7. The molecule has 0 bridgehead atoms. The highest BCUT2D eigenvalue weighted by Gasteiger charge is 2.47. The number of carbonyl (C=O) groups excluding carboxylic acids is 2. The van der Waals surface area contributed by atoms with Gasteiger partial charge in [-0.3, -0.25) is 10.0 Å². The molecule has 13 heteroatoms. The second-order valence-corrected chi connectivity index (χ2v) is 11.2. The molecule has 1 unspecified atom stereocenters. The Kier molecular flexibility index (Phi) is 7.93. The Morgan fingerprint density at radius 3 is 2.44 bits per heavy atom. The number of rotatable bonds is 6. The summed E-state index contributed by atoms with van der Waals surface area (Å²) in [7, 11) is -4.00. The second-order valence-electron chi connectivity index (χ2n) is 9.27. The monoisotopic (exact) mass is 529 g/mol. The molecular weight excluding hydrogens is 500 g/mol. The molecule has 36 heavy (non-hydrogen) atoms. The summed E-state index contributed by atoms with van der Waals surface area (Å²) in [6, 6.07) is 3.54. The zero-order chi connectivity index (χ0) is 25.9. The highest BCUT2D eigenvalue weighted by molar-refractivity contribution is 7.89. The third-order valence-corrected chi connectivity index (χ3v) is 9.06. The molecule has 2 saturated heterocycles. The van der Waals surface area contributed by atoms with Crippen LogP contribution in [0.15, 0.2) is 24.3 Å². The van der Waals surface area contributed by atoms with Crippen LogP contribution in [-0.4, -0.2) is 86.1 Å². The topological polar surface area (TPSA) is 125 Å². The van der Waals surface area contributed by atoms with Crippen LogP contribution in [0.2, 0.25) is 0 Å². The molecule has 10 nitrogen and oxygen atoms in total. The van der Waals surface area contributed by atoms with E-state index in [1.165, 1.54) is 17.0 Å². The lowest BCUT2D eigenvalue weighted by Gasteiger charge is -2.40. The molecule has 1 aromatic rings. The molecule has 3 heterocycles. The van der Waals surface area contributed by atoms with Crippen molar-refractivity contribution in [3.05, 3.63) is 41.5 Å². The third-order valence-electron chi connectivity index (χ3n) is 7.03. The maximum Gasteiger partial charge on any atom is 0.410 e. The van der Waals surface area contributed by atoms with E-state index < -0.39 is 44.8 Å². The van der Waals surface area contributed by atoms with Crippen molar-refractivity contribution in [1.29, 1.82) is 0 Å². The van der Waals surface area contributed by atoms with Gasteiger partial charge in [-0.25, -0.2) is 27.5 Å². The van der Waals surface area contributed by atoms with Gasteiger partial charge in [0.25, 0.3) is 5.91 Å². The molecule has 0 aliphatic carbocycles. The van der Waals surface area contributed by atoms with E-state index in [1.54, 1.807) is 5.48 Å². The quantitative estimate of drug-likeness (QED) is 0.426. The highest BCUT2D eigenvalue weighted by Crippen LogP contribution is 2.36. The molecule has 198 valence electrons. The molecule has 2 amide bonds. The van der Waals surface area contributed by atoms with Gasteiger partial charge in [0.2, 0.25) is 10.0 Å². The van der Waals surface area contributed by atoms with Gasteiger partial charge in [-0.2, -0.15) is 4.31 Å². The number of nitrogens with zero attached hydrogens (tertiary/aromatic N) is 2. The first-order chi connectivity index (χ1) is 17.1. The lowest BCUT2D eigenvalue weighted by molar-refractivity contribution is -0.141. The average Bonchev–Trinajstić information content (AvgIpc) is 3.37. The Bertz CT molecular complexity index is 1110. The number of benzene rings is 1. The van der Waals surface area contributed by atoms with Crippen molar-refractivity contribution in [3.63, 3.8) is 0 Å². The summed E-state index contributed by atoms with van der Waals surface area (Å²) in [5.74, 6) is -2.86. The molecule has 3 aliphatic heterocycles. The molecule has 2 N–H and O–H groups in total. The van der Waals surface area contributed by atoms with Gasteiger partial charge in [0.05, 0.1) is 24.4 Å². The van der Waals surface area contributed by atoms with Crippen molar-refractivity contribution in [3.8, 4) is 0 Å². The molecule has 1 atom stereocenters. The Morgan fingerprint density at radius 2 is 1.89 bits per heavy atom. The number of hydroxylamine groups is 1. The molecule has 0 aromatic heterocycles. The number of amides is 2. The molecule has 2 fully saturated rings. The van der Waals surface area contributed by atoms with E-state index in [2.05, 4.69) is 0 Å². The second kappa shape index (κ2) is 10.8. The van der Waals surface area contributed by atoms with E-state index >= 15 is 0 Å². The minimum atomic E-state index is -4.00. The first-order valence-corrected chi connectivity index (χ1v) is 13.4. The maximum atomic E-state index is 14.1. The maximum absolute atomic E-state index is 14.1. The Balaban J connectivity index is 1.43. The zero-order valence-electron chi connectivity index (χ0n) is 19.6. The molecular formula is C23H29F2N3O7S. The number of piperidine rings is 1. The summed E-state index contributed by atoms with van der Waals surface area (Å²) >= 11 is 0. The number of hydrogen-bond donors (Lipinski definition) is 2. The van der Waals surface area contributed by atoms with Crippen LogP contribution >= 0.6 is 0 Å². The number of hydrogen-bond acceptors (Lipinski definition) is 7. The molecule has 0 spiro atoms. The fraction of sp³-hybridized carbons (Fsp3) is 0.565. The fourth-order valence-corrected chi connectivity index (χ4v) is 6.84. The standard InChI is InChI=1S/C23H29F2N3O7S/c24-18-2-1-3-19(25)20(18)16-4-9-28(10-5-16)36(32,33)15-23(21(29)26-31)7-11-27(12-8-23)22(30)35-17-6-13-34-14-17/h1-4,17,31H,5-15H2,(H,26,29). The smallest absolute Gasteiger partial charge is 0.410 e. The lowest BCUT2D eigenvalue weighted by Crippen LogP contribution is -2.54. The van der Waals surface area contributed by atoms with Crippen LogP contribution in [-0.2, 0) is 24.3 Å². The number of ether oxygens (including phenoxy) is 2. The van der Waals surface area contributed by atoms with Crippen LogP contribution in [0.25, 0.3) is 5.57 Å². The van der Waals surface area contributed by atoms with Crippen LogP contribution in [0.5, 0.6) is 0 Å². The van der Waals surface area contributed by atoms with Gasteiger partial charge in [0.15, 0.2) is 0 Å². The van der Waals surface area contributed by atoms with E-state index in [9.17, 15) is 32.0 Å². The highest BCUT2D eigenvalue weighted by atomic mass is 32.2. The molecule has 0 radical (unpaired) electrons. The fourth-order valence-electron chi connectivity index (χ4n) is 4.87. The number of halogens is 2. The van der Waals surface area contributed by atoms with Gasteiger partial charge < -0.3 is 14.4 Å². The number of sulfonamides is 1. The minimum absolute atomic E-state index is 0.00422. The number of carbonyl (C=O) groups is 2. The summed E-state index contributed by atoms with van der Waals surface area (Å²) in [6.07, 6.45) is 1.28. The predicted octanol–water partition coefficient (Wildman–Crippen LogP) is 1.90. The normalized spacial score (nSPS) is 22.7. The van der Waals surface area contributed by atoms with Crippen molar-refractivity contribution >= 4 is 27.6 Å². The van der Waals surface area contributed by atoms with Crippen LogP contribution in [0, 0.1) is 17.0 Å². The third kappa shape index (κ3) is 5.53. The largest absolute Gasteiger partial charge is 0.444 e. The summed E-state index contributed by atoms with van der Waals surface area (Å²) < 4.78 is 66.5. The number of nitrogens with one attached hydrogen (secondary N) is 1. The van der Waals surface area contributed by atoms with Gasteiger partial charge in [-0.1, -0.05) is 12.1 Å². The van der Waals surface area contributed by atoms with Crippen LogP contribution in [0.1, 0.15) is 31.2 Å². The molecule has 4 rings (SSSR count). The molecule has 1 aromatic carbocycles. The van der Waals surface area contributed by atoms with Gasteiger partial charge in [0.1, 0.15) is 17.7 Å². The van der Waals surface area contributed by atoms with E-state index in [1.807, 2.05) is 0 Å². The Hall–Kier alpha value is -2.61. The van der Waals surface area contributed by atoms with E-state index in [0.717, 1.165) is 16.4 Å². The average molecular weight is 530 g/mol. The zero-order valence-corrected chi connectivity index (χ0v) is 20.4. The van der Waals surface area contributed by atoms with Gasteiger partial charge in [-0.15, -0.1) is 0 Å². The predicted molar refractivity (Wildman–Crippen MR) is 123 cm³/mol. The van der Waals surface area contributed by atoms with E-state index in [0.29, 0.717) is 25.2 Å². The Labute approximate surface area is 207 Å². The van der Waals surface area contributed by atoms with Crippen molar-refractivity contribution in [2.45, 2.75) is 31.8 Å². The summed E-state index contributed by atoms with van der Waals surface area (Å²) in [4.78, 5) is 26.5. The molecule has 0 saturated carbocycles. The van der Waals surface area contributed by atoms with Crippen molar-refractivity contribution < 1.29 is 41.5 Å². The van der Waals surface area contributed by atoms with E-state index in [4.69, 9.17) is 9.47 Å². The minimum Gasteiger partial charge on any atom is -0.444 e. The van der Waals surface area contributed by atoms with Crippen molar-refractivity contribution in [2.24, 2.45) is 5.41 Å². The SMILES string of the molecule is O=C(OC1CCOC1)N1CCC(CS(=O)(=O)N2CC=C(c3c(F)cccc3F)CC2)(C(=O)NO)CC1. The number of likely N-dealkylation sites (tertiary alicyclic amines) is 1. The van der Waals surface area contributed by atoms with Crippen molar-refractivity contribution in [2.75, 3.05) is 45.1 Å². The van der Waals surface area contributed by atoms with Crippen molar-refractivity contribution in [1.82, 2.24) is 14.7 Å². The molecule has 3 aliphatic rings. The summed E-state index contributed by atoms with van der Waals surface area (Å²) in [6.45, 7) is 0.866. The first kappa shape index (κ1) is 26.5. The van der Waals surface area contributed by atoms with Crippen LogP contribution < -0.4 is 5.48 Å². The summed E-state index contributed by atoms with van der Waals surface area (Å²) in [5.41, 5.74) is 0.323. The van der Waals surface area contributed by atoms with E-state index in [-0.39, 0.29) is 57.1 Å². The summed E-state index contributed by atoms with van der Waals surface area (Å²) in [5, 5.41) is 9.33. The van der Waals surface area contributed by atoms with Gasteiger partial charge in [0, 0.05) is 38.2 Å². The lowest BCUT2D eigenvalue weighted by atomic mass is 9.79. The van der Waals surface area contributed by atoms with Crippen LogP contribution in [0.3, 0.4) is 0 Å². The van der Waals surface area contributed by atoms with Gasteiger partial charge >= 0.3 is 6.09 Å². The van der Waals surface area contributed by atoms with Crippen LogP contribution in [0.4, 0.5) is 13.6 Å². The van der Waals surface area contributed by atoms with Gasteiger partial charge in [-0.05, 0) is 37.0 Å².